The number of benzene rings is 1. The van der Waals surface area contributed by atoms with E-state index in [1.807, 2.05) is 12.3 Å². The van der Waals surface area contributed by atoms with E-state index in [2.05, 4.69) is 22.1 Å². The van der Waals surface area contributed by atoms with E-state index in [1.54, 1.807) is 0 Å². The molecule has 0 aliphatic carbocycles. The van der Waals surface area contributed by atoms with Crippen LogP contribution in [0.2, 0.25) is 0 Å². The van der Waals surface area contributed by atoms with Crippen molar-refractivity contribution < 1.29 is 0 Å². The predicted molar refractivity (Wildman–Crippen MR) is 46.4 cm³/mol. The fourth-order valence-electron chi connectivity index (χ4n) is 1.72. The highest BCUT2D eigenvalue weighted by Gasteiger charge is 2.07. The van der Waals surface area contributed by atoms with Crippen molar-refractivity contribution in [1.29, 1.82) is 0 Å². The van der Waals surface area contributed by atoms with Gasteiger partial charge in [0.15, 0.2) is 0 Å². The van der Waals surface area contributed by atoms with Crippen molar-refractivity contribution in [2.45, 2.75) is 6.42 Å². The molecule has 0 N–H and O–H groups in total. The first-order valence-corrected chi connectivity index (χ1v) is 4.15. The molecule has 3 rings (SSSR count). The maximum atomic E-state index is 4.40. The quantitative estimate of drug-likeness (QED) is 0.521. The Labute approximate surface area is 70.0 Å². The summed E-state index contributed by atoms with van der Waals surface area (Å²) >= 11 is 0. The van der Waals surface area contributed by atoms with Crippen LogP contribution in [-0.2, 0) is 6.42 Å². The summed E-state index contributed by atoms with van der Waals surface area (Å²) in [5.74, 6) is 0. The first kappa shape index (κ1) is 6.12. The standard InChI is InChI=1S/C10H8N2/c1-3-11-9-6-8-2-4-12-10(8)5-7(1)9/h1,3,5-6H,2,4H2. The summed E-state index contributed by atoms with van der Waals surface area (Å²) in [4.78, 5) is 8.66. The van der Waals surface area contributed by atoms with E-state index in [-0.39, 0.29) is 0 Å². The van der Waals surface area contributed by atoms with Gasteiger partial charge in [-0.2, -0.15) is 0 Å². The zero-order valence-corrected chi connectivity index (χ0v) is 6.62. The molecule has 0 aromatic heterocycles. The van der Waals surface area contributed by atoms with E-state index in [0.717, 1.165) is 23.7 Å². The van der Waals surface area contributed by atoms with Gasteiger partial charge in [-0.3, -0.25) is 9.98 Å². The summed E-state index contributed by atoms with van der Waals surface area (Å²) in [7, 11) is 0. The first-order valence-electron chi connectivity index (χ1n) is 4.15. The second kappa shape index (κ2) is 2.03. The van der Waals surface area contributed by atoms with Gasteiger partial charge in [0.2, 0.25) is 0 Å². The highest BCUT2D eigenvalue weighted by atomic mass is 14.7. The summed E-state index contributed by atoms with van der Waals surface area (Å²) in [5.41, 5.74) is 2.56. The second-order valence-corrected chi connectivity index (χ2v) is 3.12. The molecule has 58 valence electrons. The molecule has 0 radical (unpaired) electrons. The molecule has 0 atom stereocenters. The van der Waals surface area contributed by atoms with Gasteiger partial charge < -0.3 is 0 Å². The summed E-state index contributed by atoms with van der Waals surface area (Å²) in [5, 5.41) is 2.27. The molecule has 12 heavy (non-hydrogen) atoms. The Morgan fingerprint density at radius 1 is 1.17 bits per heavy atom. The van der Waals surface area contributed by atoms with Gasteiger partial charge in [0.05, 0.1) is 10.7 Å². The second-order valence-electron chi connectivity index (χ2n) is 3.12. The lowest BCUT2D eigenvalue weighted by Crippen LogP contribution is -2.13. The lowest BCUT2D eigenvalue weighted by molar-refractivity contribution is 1.02. The van der Waals surface area contributed by atoms with Crippen molar-refractivity contribution in [2.75, 3.05) is 6.54 Å². The van der Waals surface area contributed by atoms with Gasteiger partial charge in [0, 0.05) is 18.3 Å². The van der Waals surface area contributed by atoms with Crippen molar-refractivity contribution in [3.63, 3.8) is 0 Å². The topological polar surface area (TPSA) is 24.7 Å². The fourth-order valence-corrected chi connectivity index (χ4v) is 1.72. The molecular formula is C10H8N2. The minimum absolute atomic E-state index is 0.946. The third-order valence-electron chi connectivity index (χ3n) is 2.36. The smallest absolute Gasteiger partial charge is 0.0706 e. The minimum Gasteiger partial charge on any atom is -0.285 e. The van der Waals surface area contributed by atoms with Crippen LogP contribution in [0, 0.1) is 0 Å². The molecule has 2 aliphatic heterocycles. The lowest BCUT2D eigenvalue weighted by atomic mass is 10.1. The average molecular weight is 156 g/mol. The number of hydrogen-bond donors (Lipinski definition) is 0. The van der Waals surface area contributed by atoms with Crippen molar-refractivity contribution in [2.24, 2.45) is 9.98 Å². The largest absolute Gasteiger partial charge is 0.285 e. The molecule has 2 aliphatic rings. The van der Waals surface area contributed by atoms with Crippen LogP contribution in [0.4, 0.5) is 0 Å². The molecule has 0 spiro atoms. The Balaban J connectivity index is 2.45. The van der Waals surface area contributed by atoms with Crippen molar-refractivity contribution in [3.8, 4) is 0 Å². The molecule has 2 heterocycles. The first-order chi connectivity index (χ1) is 5.93. The number of rotatable bonds is 0. The van der Waals surface area contributed by atoms with Crippen LogP contribution in [0.15, 0.2) is 28.3 Å². The van der Waals surface area contributed by atoms with E-state index in [9.17, 15) is 0 Å². The molecule has 0 fully saturated rings. The fraction of sp³-hybridized carbons (Fsp3) is 0.200. The maximum Gasteiger partial charge on any atom is 0.0706 e. The molecule has 0 saturated carbocycles. The van der Waals surface area contributed by atoms with Gasteiger partial charge in [0.25, 0.3) is 0 Å². The van der Waals surface area contributed by atoms with Gasteiger partial charge in [-0.05, 0) is 30.2 Å². The molecular weight excluding hydrogens is 148 g/mol. The Kier molecular flexibility index (Phi) is 1.04. The average Bonchev–Trinajstić information content (AvgIpc) is 2.64. The molecule has 0 bridgehead atoms. The number of nitrogens with zero attached hydrogens (tertiary/aromatic N) is 2. The monoisotopic (exact) mass is 156 g/mol. The molecule has 1 aromatic rings. The van der Waals surface area contributed by atoms with Gasteiger partial charge in [-0.15, -0.1) is 0 Å². The summed E-state index contributed by atoms with van der Waals surface area (Å²) < 4.78 is 0. The van der Waals surface area contributed by atoms with Crippen LogP contribution in [0.25, 0.3) is 6.08 Å². The van der Waals surface area contributed by atoms with E-state index in [4.69, 9.17) is 0 Å². The Bertz CT molecular complexity index is 483. The van der Waals surface area contributed by atoms with Gasteiger partial charge >= 0.3 is 0 Å². The van der Waals surface area contributed by atoms with Crippen LogP contribution in [0.5, 0.6) is 0 Å². The Morgan fingerprint density at radius 2 is 2.17 bits per heavy atom. The van der Waals surface area contributed by atoms with Crippen LogP contribution in [0.1, 0.15) is 11.1 Å². The third kappa shape index (κ3) is 0.694. The highest BCUT2D eigenvalue weighted by Crippen LogP contribution is 2.04. The van der Waals surface area contributed by atoms with E-state index >= 15 is 0 Å². The molecule has 0 unspecified atom stereocenters. The van der Waals surface area contributed by atoms with Gasteiger partial charge in [0.1, 0.15) is 0 Å². The maximum absolute atomic E-state index is 4.40. The van der Waals surface area contributed by atoms with Crippen LogP contribution >= 0.6 is 0 Å². The van der Waals surface area contributed by atoms with Crippen molar-refractivity contribution >= 4 is 6.08 Å². The molecule has 2 heteroatoms. The minimum atomic E-state index is 0.946. The molecule has 0 saturated heterocycles. The molecule has 1 aromatic carbocycles. The van der Waals surface area contributed by atoms with Crippen molar-refractivity contribution in [1.82, 2.24) is 0 Å². The van der Waals surface area contributed by atoms with Crippen molar-refractivity contribution in [3.05, 3.63) is 40.2 Å². The number of hydrogen-bond acceptors (Lipinski definition) is 2. The zero-order chi connectivity index (χ0) is 7.97. The van der Waals surface area contributed by atoms with Crippen LogP contribution in [-0.4, -0.2) is 6.54 Å². The van der Waals surface area contributed by atoms with Crippen LogP contribution < -0.4 is 10.7 Å². The van der Waals surface area contributed by atoms with E-state index < -0.39 is 0 Å². The van der Waals surface area contributed by atoms with Crippen LogP contribution in [0.3, 0.4) is 0 Å². The summed E-state index contributed by atoms with van der Waals surface area (Å²) in [6, 6.07) is 4.28. The van der Waals surface area contributed by atoms with E-state index in [1.165, 1.54) is 11.1 Å². The Morgan fingerprint density at radius 3 is 3.17 bits per heavy atom. The number of fused-ring (bicyclic) bond motifs is 2. The molecule has 2 nitrogen and oxygen atoms in total. The normalized spacial score (nSPS) is 16.7. The summed E-state index contributed by atoms with van der Waals surface area (Å²) in [6.45, 7) is 0.946. The van der Waals surface area contributed by atoms with Gasteiger partial charge in [-0.1, -0.05) is 0 Å². The lowest BCUT2D eigenvalue weighted by Gasteiger charge is -1.92. The third-order valence-corrected chi connectivity index (χ3v) is 2.36. The molecule has 0 amide bonds. The Hall–Kier alpha value is -1.44. The zero-order valence-electron chi connectivity index (χ0n) is 6.62. The van der Waals surface area contributed by atoms with E-state index in [0.29, 0.717) is 0 Å². The highest BCUT2D eigenvalue weighted by molar-refractivity contribution is 5.52. The predicted octanol–water partition coefficient (Wildman–Crippen LogP) is 0.466. The van der Waals surface area contributed by atoms with Gasteiger partial charge in [-0.25, -0.2) is 0 Å². The summed E-state index contributed by atoms with van der Waals surface area (Å²) in [6.07, 6.45) is 4.96. The SMILES string of the molecule is C1=Cc2cc3c(cc2=N1)CCN=3.